The van der Waals surface area contributed by atoms with Crippen molar-refractivity contribution in [1.29, 1.82) is 0 Å². The second-order valence-electron chi connectivity index (χ2n) is 6.22. The third-order valence-corrected chi connectivity index (χ3v) is 4.09. The first-order valence-corrected chi connectivity index (χ1v) is 8.67. The number of hydrogen-bond acceptors (Lipinski definition) is 4. The van der Waals surface area contributed by atoms with Gasteiger partial charge in [0, 0.05) is 18.9 Å². The zero-order valence-electron chi connectivity index (χ0n) is 15.7. The number of pyridine rings is 1. The van der Waals surface area contributed by atoms with Crippen molar-refractivity contribution >= 4 is 11.6 Å². The van der Waals surface area contributed by atoms with Crippen LogP contribution in [0.2, 0.25) is 0 Å². The van der Waals surface area contributed by atoms with Crippen LogP contribution in [-0.4, -0.2) is 18.0 Å². The van der Waals surface area contributed by atoms with E-state index in [1.54, 1.807) is 25.3 Å². The Bertz CT molecular complexity index is 954. The molecular weight excluding hydrogens is 340 g/mol. The van der Waals surface area contributed by atoms with Gasteiger partial charge in [0.1, 0.15) is 11.5 Å². The zero-order chi connectivity index (χ0) is 19.2. The molecule has 3 rings (SSSR count). The molecular formula is C22H22N2O3. The lowest BCUT2D eigenvalue weighted by Crippen LogP contribution is -2.14. The minimum atomic E-state index is -0.211. The molecule has 1 amide bonds. The maximum atomic E-state index is 12.6. The third-order valence-electron chi connectivity index (χ3n) is 4.09. The number of carbonyl (C=O) groups excluding carboxylic acids is 1. The lowest BCUT2D eigenvalue weighted by Gasteiger charge is -2.11. The molecule has 5 nitrogen and oxygen atoms in total. The molecule has 138 valence electrons. The Morgan fingerprint density at radius 3 is 2.59 bits per heavy atom. The fraction of sp³-hybridized carbons (Fsp3) is 0.182. The van der Waals surface area contributed by atoms with Crippen LogP contribution in [0.5, 0.6) is 11.5 Å². The number of aryl methyl sites for hydroxylation is 2. The smallest absolute Gasteiger partial charge is 0.257 e. The highest BCUT2D eigenvalue weighted by atomic mass is 16.5. The number of anilines is 1. The first kappa shape index (κ1) is 18.6. The standard InChI is InChI=1S/C22H22N2O3/c1-15-7-4-5-10-21(15)27-19-9-6-8-17(13-19)24-22(25)20-12-11-18(14-26-3)23-16(20)2/h4-13H,14H2,1-3H3,(H,24,25). The van der Waals surface area contributed by atoms with Crippen molar-refractivity contribution < 1.29 is 14.3 Å². The maximum Gasteiger partial charge on any atom is 0.257 e. The summed E-state index contributed by atoms with van der Waals surface area (Å²) in [6.45, 7) is 4.22. The lowest BCUT2D eigenvalue weighted by atomic mass is 10.1. The van der Waals surface area contributed by atoms with Gasteiger partial charge in [-0.3, -0.25) is 9.78 Å². The first-order valence-electron chi connectivity index (χ1n) is 8.67. The van der Waals surface area contributed by atoms with Gasteiger partial charge in [-0.2, -0.15) is 0 Å². The van der Waals surface area contributed by atoms with Gasteiger partial charge < -0.3 is 14.8 Å². The summed E-state index contributed by atoms with van der Waals surface area (Å²) in [6, 6.07) is 18.7. The summed E-state index contributed by atoms with van der Waals surface area (Å²) in [7, 11) is 1.61. The minimum absolute atomic E-state index is 0.211. The van der Waals surface area contributed by atoms with Crippen molar-refractivity contribution in [3.63, 3.8) is 0 Å². The Balaban J connectivity index is 1.74. The normalized spacial score (nSPS) is 10.5. The number of nitrogens with zero attached hydrogens (tertiary/aromatic N) is 1. The molecule has 5 heteroatoms. The van der Waals surface area contributed by atoms with E-state index < -0.39 is 0 Å². The van der Waals surface area contributed by atoms with Gasteiger partial charge >= 0.3 is 0 Å². The highest BCUT2D eigenvalue weighted by Crippen LogP contribution is 2.26. The second kappa shape index (κ2) is 8.47. The quantitative estimate of drug-likeness (QED) is 0.678. The number of amides is 1. The van der Waals surface area contributed by atoms with E-state index in [0.29, 0.717) is 29.3 Å². The molecule has 0 bridgehead atoms. The number of carbonyl (C=O) groups is 1. The van der Waals surface area contributed by atoms with Crippen LogP contribution in [0, 0.1) is 13.8 Å². The van der Waals surface area contributed by atoms with Crippen LogP contribution in [0.4, 0.5) is 5.69 Å². The van der Waals surface area contributed by atoms with Crippen molar-refractivity contribution in [2.45, 2.75) is 20.5 Å². The van der Waals surface area contributed by atoms with E-state index in [0.717, 1.165) is 17.0 Å². The molecule has 1 aromatic heterocycles. The zero-order valence-corrected chi connectivity index (χ0v) is 15.7. The first-order chi connectivity index (χ1) is 13.1. The number of hydrogen-bond donors (Lipinski definition) is 1. The van der Waals surface area contributed by atoms with Crippen LogP contribution in [-0.2, 0) is 11.3 Å². The predicted octanol–water partition coefficient (Wildman–Crippen LogP) is 4.89. The molecule has 0 fully saturated rings. The van der Waals surface area contributed by atoms with Crippen molar-refractivity contribution in [1.82, 2.24) is 4.98 Å². The SMILES string of the molecule is COCc1ccc(C(=O)Nc2cccc(Oc3ccccc3C)c2)c(C)n1. The van der Waals surface area contributed by atoms with Crippen molar-refractivity contribution in [2.75, 3.05) is 12.4 Å². The minimum Gasteiger partial charge on any atom is -0.457 e. The molecule has 0 saturated heterocycles. The molecule has 0 aliphatic carbocycles. The van der Waals surface area contributed by atoms with Crippen molar-refractivity contribution in [3.8, 4) is 11.5 Å². The van der Waals surface area contributed by atoms with Crippen LogP contribution in [0.15, 0.2) is 60.7 Å². The monoisotopic (exact) mass is 362 g/mol. The molecule has 27 heavy (non-hydrogen) atoms. The van der Waals surface area contributed by atoms with Crippen LogP contribution >= 0.6 is 0 Å². The number of methoxy groups -OCH3 is 1. The molecule has 0 unspecified atom stereocenters. The molecule has 0 spiro atoms. The van der Waals surface area contributed by atoms with Gasteiger partial charge in [0.05, 0.1) is 23.6 Å². The molecule has 0 aliphatic rings. The van der Waals surface area contributed by atoms with Gasteiger partial charge in [-0.05, 0) is 49.7 Å². The van der Waals surface area contributed by atoms with Crippen molar-refractivity contribution in [2.24, 2.45) is 0 Å². The van der Waals surface area contributed by atoms with E-state index in [1.807, 2.05) is 56.3 Å². The van der Waals surface area contributed by atoms with Crippen LogP contribution in [0.25, 0.3) is 0 Å². The van der Waals surface area contributed by atoms with E-state index in [2.05, 4.69) is 10.3 Å². The Morgan fingerprint density at radius 1 is 1.04 bits per heavy atom. The molecule has 1 N–H and O–H groups in total. The number of para-hydroxylation sites is 1. The van der Waals surface area contributed by atoms with Gasteiger partial charge in [-0.1, -0.05) is 24.3 Å². The van der Waals surface area contributed by atoms with Gasteiger partial charge in [0.2, 0.25) is 0 Å². The fourth-order valence-corrected chi connectivity index (χ4v) is 2.71. The Kier molecular flexibility index (Phi) is 5.84. The van der Waals surface area contributed by atoms with E-state index in [1.165, 1.54) is 0 Å². The molecule has 3 aromatic rings. The topological polar surface area (TPSA) is 60.5 Å². The van der Waals surface area contributed by atoms with Crippen LogP contribution in [0.3, 0.4) is 0 Å². The molecule has 1 heterocycles. The van der Waals surface area contributed by atoms with E-state index >= 15 is 0 Å². The predicted molar refractivity (Wildman–Crippen MR) is 105 cm³/mol. The molecule has 2 aromatic carbocycles. The number of ether oxygens (including phenoxy) is 2. The summed E-state index contributed by atoms with van der Waals surface area (Å²) in [4.78, 5) is 17.0. The summed E-state index contributed by atoms with van der Waals surface area (Å²) < 4.78 is 11.0. The molecule has 0 atom stereocenters. The van der Waals surface area contributed by atoms with Crippen LogP contribution in [0.1, 0.15) is 27.3 Å². The van der Waals surface area contributed by atoms with E-state index in [-0.39, 0.29) is 5.91 Å². The number of rotatable bonds is 6. The summed E-state index contributed by atoms with van der Waals surface area (Å²) in [6.07, 6.45) is 0. The highest BCUT2D eigenvalue weighted by Gasteiger charge is 2.12. The third kappa shape index (κ3) is 4.71. The number of benzene rings is 2. The van der Waals surface area contributed by atoms with Gasteiger partial charge in [0.25, 0.3) is 5.91 Å². The Labute approximate surface area is 159 Å². The van der Waals surface area contributed by atoms with E-state index in [9.17, 15) is 4.79 Å². The average Bonchev–Trinajstić information content (AvgIpc) is 2.64. The highest BCUT2D eigenvalue weighted by molar-refractivity contribution is 6.05. The Morgan fingerprint density at radius 2 is 1.85 bits per heavy atom. The largest absolute Gasteiger partial charge is 0.457 e. The van der Waals surface area contributed by atoms with E-state index in [4.69, 9.17) is 9.47 Å². The second-order valence-corrected chi connectivity index (χ2v) is 6.22. The number of aromatic nitrogens is 1. The van der Waals surface area contributed by atoms with Crippen LogP contribution < -0.4 is 10.1 Å². The van der Waals surface area contributed by atoms with Gasteiger partial charge in [0.15, 0.2) is 0 Å². The number of nitrogens with one attached hydrogen (secondary N) is 1. The maximum absolute atomic E-state index is 12.6. The lowest BCUT2D eigenvalue weighted by molar-refractivity contribution is 0.102. The summed E-state index contributed by atoms with van der Waals surface area (Å²) >= 11 is 0. The van der Waals surface area contributed by atoms with Gasteiger partial charge in [-0.15, -0.1) is 0 Å². The molecule has 0 saturated carbocycles. The summed E-state index contributed by atoms with van der Waals surface area (Å²) in [5, 5.41) is 2.90. The molecule has 0 radical (unpaired) electrons. The van der Waals surface area contributed by atoms with Gasteiger partial charge in [-0.25, -0.2) is 0 Å². The van der Waals surface area contributed by atoms with Crippen molar-refractivity contribution in [3.05, 3.63) is 83.2 Å². The average molecular weight is 362 g/mol. The summed E-state index contributed by atoms with van der Waals surface area (Å²) in [5.41, 5.74) is 3.69. The fourth-order valence-electron chi connectivity index (χ4n) is 2.71. The summed E-state index contributed by atoms with van der Waals surface area (Å²) in [5.74, 6) is 1.24. The Hall–Kier alpha value is -3.18. The molecule has 0 aliphatic heterocycles.